The van der Waals surface area contributed by atoms with Gasteiger partial charge in [0.1, 0.15) is 5.56 Å². The lowest BCUT2D eigenvalue weighted by Crippen LogP contribution is -2.17. The molecule has 0 aliphatic rings. The normalized spacial score (nSPS) is 10.4. The molecular formula is C15H10Cl3NO3S. The maximum Gasteiger partial charge on any atom is 0.339 e. The minimum atomic E-state index is -1.25. The van der Waals surface area contributed by atoms with Gasteiger partial charge in [0.15, 0.2) is 0 Å². The molecule has 0 aliphatic carbocycles. The summed E-state index contributed by atoms with van der Waals surface area (Å²) in [5, 5.41) is 12.4. The predicted octanol–water partition coefficient (Wildman–Crippen LogP) is 5.08. The number of anilines is 1. The smallest absolute Gasteiger partial charge is 0.339 e. The summed E-state index contributed by atoms with van der Waals surface area (Å²) >= 11 is 19.0. The highest BCUT2D eigenvalue weighted by molar-refractivity contribution is 8.00. The topological polar surface area (TPSA) is 66.4 Å². The van der Waals surface area contributed by atoms with Gasteiger partial charge < -0.3 is 10.4 Å². The second-order valence-electron chi connectivity index (χ2n) is 4.38. The van der Waals surface area contributed by atoms with Gasteiger partial charge in [-0.15, -0.1) is 11.8 Å². The van der Waals surface area contributed by atoms with E-state index >= 15 is 0 Å². The Hall–Kier alpha value is -1.40. The van der Waals surface area contributed by atoms with Crippen LogP contribution in [0.1, 0.15) is 10.4 Å². The fourth-order valence-electron chi connectivity index (χ4n) is 1.78. The highest BCUT2D eigenvalue weighted by atomic mass is 35.5. The standard InChI is InChI=1S/C15H10Cl3NO3S/c16-8-5-10(18)14(15(21)22)11(6-8)19-13(20)7-23-12-4-2-1-3-9(12)17/h1-6H,7H2,(H,19,20)(H,21,22). The maximum atomic E-state index is 12.0. The van der Waals surface area contributed by atoms with E-state index in [0.29, 0.717) is 5.02 Å². The van der Waals surface area contributed by atoms with E-state index in [1.54, 1.807) is 18.2 Å². The summed E-state index contributed by atoms with van der Waals surface area (Å²) in [5.41, 5.74) is -0.146. The molecule has 0 aromatic heterocycles. The number of carbonyl (C=O) groups excluding carboxylic acids is 1. The first-order chi connectivity index (χ1) is 10.9. The van der Waals surface area contributed by atoms with E-state index in [1.165, 1.54) is 23.9 Å². The number of halogens is 3. The van der Waals surface area contributed by atoms with Crippen LogP contribution < -0.4 is 5.32 Å². The van der Waals surface area contributed by atoms with Crippen molar-refractivity contribution in [1.29, 1.82) is 0 Å². The van der Waals surface area contributed by atoms with Crippen LogP contribution in [0.4, 0.5) is 5.69 Å². The highest BCUT2D eigenvalue weighted by Gasteiger charge is 2.18. The van der Waals surface area contributed by atoms with Crippen LogP contribution in [0.3, 0.4) is 0 Å². The Balaban J connectivity index is 2.12. The second kappa shape index (κ2) is 7.93. The fourth-order valence-corrected chi connectivity index (χ4v) is 3.39. The Kier molecular flexibility index (Phi) is 6.18. The molecule has 0 saturated heterocycles. The molecule has 1 amide bonds. The minimum Gasteiger partial charge on any atom is -0.478 e. The molecular weight excluding hydrogens is 381 g/mol. The van der Waals surface area contributed by atoms with Crippen molar-refractivity contribution in [3.05, 3.63) is 57.0 Å². The van der Waals surface area contributed by atoms with Crippen LogP contribution >= 0.6 is 46.6 Å². The van der Waals surface area contributed by atoms with E-state index in [1.807, 2.05) is 6.07 Å². The van der Waals surface area contributed by atoms with Crippen LogP contribution in [-0.4, -0.2) is 22.7 Å². The molecule has 2 N–H and O–H groups in total. The van der Waals surface area contributed by atoms with Crippen molar-refractivity contribution in [2.45, 2.75) is 4.90 Å². The SMILES string of the molecule is O=C(CSc1ccccc1Cl)Nc1cc(Cl)cc(Cl)c1C(=O)O. The van der Waals surface area contributed by atoms with Gasteiger partial charge in [-0.1, -0.05) is 46.9 Å². The van der Waals surface area contributed by atoms with Crippen molar-refractivity contribution in [1.82, 2.24) is 0 Å². The first-order valence-electron chi connectivity index (χ1n) is 6.28. The van der Waals surface area contributed by atoms with Crippen molar-refractivity contribution in [2.75, 3.05) is 11.1 Å². The molecule has 0 spiro atoms. The van der Waals surface area contributed by atoms with Gasteiger partial charge in [0.2, 0.25) is 5.91 Å². The highest BCUT2D eigenvalue weighted by Crippen LogP contribution is 2.30. The third-order valence-corrected chi connectivity index (χ3v) is 4.77. The average Bonchev–Trinajstić information content (AvgIpc) is 2.45. The molecule has 0 heterocycles. The number of carboxylic acid groups (broad SMARTS) is 1. The van der Waals surface area contributed by atoms with Crippen LogP contribution in [0.25, 0.3) is 0 Å². The number of hydrogen-bond acceptors (Lipinski definition) is 3. The summed E-state index contributed by atoms with van der Waals surface area (Å²) in [7, 11) is 0. The quantitative estimate of drug-likeness (QED) is 0.699. The van der Waals surface area contributed by atoms with Gasteiger partial charge in [-0.25, -0.2) is 4.79 Å². The summed E-state index contributed by atoms with van der Waals surface area (Å²) < 4.78 is 0. The van der Waals surface area contributed by atoms with Gasteiger partial charge in [-0.2, -0.15) is 0 Å². The number of nitrogens with one attached hydrogen (secondary N) is 1. The number of amides is 1. The Bertz CT molecular complexity index is 768. The molecule has 0 bridgehead atoms. The maximum absolute atomic E-state index is 12.0. The van der Waals surface area contributed by atoms with E-state index in [2.05, 4.69) is 5.32 Å². The molecule has 0 saturated carbocycles. The summed E-state index contributed by atoms with van der Waals surface area (Å²) in [6, 6.07) is 9.76. The summed E-state index contributed by atoms with van der Waals surface area (Å²) in [5.74, 6) is -1.58. The molecule has 2 aromatic rings. The molecule has 4 nitrogen and oxygen atoms in total. The Labute approximate surface area is 151 Å². The number of thioether (sulfide) groups is 1. The molecule has 0 fully saturated rings. The zero-order valence-corrected chi connectivity index (χ0v) is 14.6. The van der Waals surface area contributed by atoms with Crippen molar-refractivity contribution in [3.8, 4) is 0 Å². The number of carbonyl (C=O) groups is 2. The summed E-state index contributed by atoms with van der Waals surface area (Å²) in [6.07, 6.45) is 0. The van der Waals surface area contributed by atoms with Crippen LogP contribution in [0.2, 0.25) is 15.1 Å². The molecule has 2 rings (SSSR count). The van der Waals surface area contributed by atoms with E-state index in [9.17, 15) is 14.7 Å². The summed E-state index contributed by atoms with van der Waals surface area (Å²) in [4.78, 5) is 24.1. The first kappa shape index (κ1) is 17.9. The van der Waals surface area contributed by atoms with Crippen molar-refractivity contribution in [2.24, 2.45) is 0 Å². The van der Waals surface area contributed by atoms with Crippen LogP contribution in [-0.2, 0) is 4.79 Å². The monoisotopic (exact) mass is 389 g/mol. The molecule has 0 radical (unpaired) electrons. The van der Waals surface area contributed by atoms with E-state index in [-0.39, 0.29) is 27.0 Å². The van der Waals surface area contributed by atoms with Gasteiger partial charge in [0, 0.05) is 9.92 Å². The lowest BCUT2D eigenvalue weighted by Gasteiger charge is -2.11. The third kappa shape index (κ3) is 4.78. The van der Waals surface area contributed by atoms with Gasteiger partial charge in [-0.3, -0.25) is 4.79 Å². The van der Waals surface area contributed by atoms with Crippen molar-refractivity contribution in [3.63, 3.8) is 0 Å². The zero-order valence-electron chi connectivity index (χ0n) is 11.5. The van der Waals surface area contributed by atoms with Gasteiger partial charge in [0.05, 0.1) is 21.5 Å². The van der Waals surface area contributed by atoms with Gasteiger partial charge >= 0.3 is 5.97 Å². The van der Waals surface area contributed by atoms with E-state index in [4.69, 9.17) is 34.8 Å². The first-order valence-corrected chi connectivity index (χ1v) is 8.40. The summed E-state index contributed by atoms with van der Waals surface area (Å²) in [6.45, 7) is 0. The number of hydrogen-bond donors (Lipinski definition) is 2. The third-order valence-electron chi connectivity index (χ3n) is 2.74. The molecule has 2 aromatic carbocycles. The molecule has 120 valence electrons. The zero-order chi connectivity index (χ0) is 17.0. The fraction of sp³-hybridized carbons (Fsp3) is 0.0667. The predicted molar refractivity (Wildman–Crippen MR) is 94.2 cm³/mol. The van der Waals surface area contributed by atoms with Crippen LogP contribution in [0.5, 0.6) is 0 Å². The number of carboxylic acids is 1. The molecule has 0 unspecified atom stereocenters. The van der Waals surface area contributed by atoms with Gasteiger partial charge in [0.25, 0.3) is 0 Å². The lowest BCUT2D eigenvalue weighted by molar-refractivity contribution is -0.113. The lowest BCUT2D eigenvalue weighted by atomic mass is 10.1. The Morgan fingerprint density at radius 3 is 2.43 bits per heavy atom. The average molecular weight is 391 g/mol. The Morgan fingerprint density at radius 2 is 1.78 bits per heavy atom. The van der Waals surface area contributed by atoms with Crippen molar-refractivity contribution >= 4 is 64.1 Å². The van der Waals surface area contributed by atoms with E-state index < -0.39 is 11.9 Å². The molecule has 0 aliphatic heterocycles. The largest absolute Gasteiger partial charge is 0.478 e. The number of rotatable bonds is 5. The van der Waals surface area contributed by atoms with Gasteiger partial charge in [-0.05, 0) is 24.3 Å². The second-order valence-corrected chi connectivity index (χ2v) is 6.65. The van der Waals surface area contributed by atoms with Crippen molar-refractivity contribution < 1.29 is 14.7 Å². The van der Waals surface area contributed by atoms with Crippen LogP contribution in [0, 0.1) is 0 Å². The molecule has 8 heteroatoms. The van der Waals surface area contributed by atoms with Crippen LogP contribution in [0.15, 0.2) is 41.3 Å². The number of benzene rings is 2. The minimum absolute atomic E-state index is 0.0425. The molecule has 23 heavy (non-hydrogen) atoms. The number of aromatic carboxylic acids is 1. The molecule has 0 atom stereocenters. The van der Waals surface area contributed by atoms with E-state index in [0.717, 1.165) is 4.90 Å². The Morgan fingerprint density at radius 1 is 1.09 bits per heavy atom.